The molecular weight excluding hydrogens is 252 g/mol. The molecule has 1 amide bonds. The lowest BCUT2D eigenvalue weighted by atomic mass is 10.1. The van der Waals surface area contributed by atoms with E-state index in [0.717, 1.165) is 0 Å². The van der Waals surface area contributed by atoms with Gasteiger partial charge in [-0.15, -0.1) is 0 Å². The van der Waals surface area contributed by atoms with Crippen molar-refractivity contribution in [1.29, 1.82) is 0 Å². The molecule has 1 heterocycles. The van der Waals surface area contributed by atoms with Crippen LogP contribution >= 0.6 is 0 Å². The maximum Gasteiger partial charge on any atom is 0.239 e. The largest absolute Gasteiger partial charge is 0.342 e. The van der Waals surface area contributed by atoms with Crippen LogP contribution in [0.5, 0.6) is 0 Å². The van der Waals surface area contributed by atoms with E-state index in [0.29, 0.717) is 25.9 Å². The Morgan fingerprint density at radius 3 is 2.22 bits per heavy atom. The number of carbonyl (C=O) groups excluding carboxylic acids is 1. The van der Waals surface area contributed by atoms with Crippen LogP contribution in [0.3, 0.4) is 0 Å². The monoisotopic (exact) mass is 276 g/mol. The van der Waals surface area contributed by atoms with Crippen LogP contribution in [0.1, 0.15) is 33.6 Å². The maximum atomic E-state index is 12.1. The van der Waals surface area contributed by atoms with Gasteiger partial charge in [0.05, 0.1) is 17.5 Å². The van der Waals surface area contributed by atoms with Crippen LogP contribution in [-0.2, 0) is 14.6 Å². The third kappa shape index (κ3) is 4.24. The lowest BCUT2D eigenvalue weighted by molar-refractivity contribution is -0.132. The summed E-state index contributed by atoms with van der Waals surface area (Å²) in [5.74, 6) is 0.557. The van der Waals surface area contributed by atoms with E-state index in [1.165, 1.54) is 0 Å². The zero-order chi connectivity index (χ0) is 13.8. The highest BCUT2D eigenvalue weighted by molar-refractivity contribution is 7.91. The molecule has 0 aliphatic carbocycles. The standard InChI is InChI=1S/C12H24N2O3S/c1-4-14(5-2)12(15)10(3)13-11-6-8-18(16,17)9-7-11/h10-11,13H,4-9H2,1-3H3. The minimum atomic E-state index is -2.83. The molecule has 1 aliphatic rings. The quantitative estimate of drug-likeness (QED) is 0.790. The maximum absolute atomic E-state index is 12.1. The molecule has 1 N–H and O–H groups in total. The Morgan fingerprint density at radius 2 is 1.78 bits per heavy atom. The molecule has 6 heteroatoms. The Hall–Kier alpha value is -0.620. The Morgan fingerprint density at radius 1 is 1.28 bits per heavy atom. The molecule has 1 fully saturated rings. The fourth-order valence-electron chi connectivity index (χ4n) is 2.29. The normalized spacial score (nSPS) is 21.5. The number of hydrogen-bond donors (Lipinski definition) is 1. The number of carbonyl (C=O) groups is 1. The number of nitrogens with zero attached hydrogens (tertiary/aromatic N) is 1. The number of likely N-dealkylation sites (N-methyl/N-ethyl adjacent to an activating group) is 1. The summed E-state index contributed by atoms with van der Waals surface area (Å²) >= 11 is 0. The van der Waals surface area contributed by atoms with Gasteiger partial charge in [-0.1, -0.05) is 0 Å². The second-order valence-corrected chi connectivity index (χ2v) is 7.13. The topological polar surface area (TPSA) is 66.5 Å². The summed E-state index contributed by atoms with van der Waals surface area (Å²) in [6, 6.07) is -0.0984. The minimum Gasteiger partial charge on any atom is -0.342 e. The van der Waals surface area contributed by atoms with Gasteiger partial charge in [-0.05, 0) is 33.6 Å². The van der Waals surface area contributed by atoms with Gasteiger partial charge in [-0.25, -0.2) is 8.42 Å². The van der Waals surface area contributed by atoms with Crippen LogP contribution in [0.25, 0.3) is 0 Å². The Bertz CT molecular complexity index is 363. The molecule has 0 aromatic heterocycles. The van der Waals surface area contributed by atoms with Crippen LogP contribution < -0.4 is 5.32 Å². The van der Waals surface area contributed by atoms with Crippen molar-refractivity contribution in [2.75, 3.05) is 24.6 Å². The van der Waals surface area contributed by atoms with E-state index < -0.39 is 9.84 Å². The third-order valence-corrected chi connectivity index (χ3v) is 5.20. The number of rotatable bonds is 5. The highest BCUT2D eigenvalue weighted by Gasteiger charge is 2.27. The average Bonchev–Trinajstić information content (AvgIpc) is 2.33. The van der Waals surface area contributed by atoms with Crippen LogP contribution in [0.4, 0.5) is 0 Å². The van der Waals surface area contributed by atoms with Crippen molar-refractivity contribution in [1.82, 2.24) is 10.2 Å². The van der Waals surface area contributed by atoms with Gasteiger partial charge >= 0.3 is 0 Å². The average molecular weight is 276 g/mol. The van der Waals surface area contributed by atoms with Crippen LogP contribution in [0.2, 0.25) is 0 Å². The molecular formula is C12H24N2O3S. The lowest BCUT2D eigenvalue weighted by Gasteiger charge is -2.29. The van der Waals surface area contributed by atoms with Gasteiger partial charge in [-0.3, -0.25) is 4.79 Å². The molecule has 1 atom stereocenters. The van der Waals surface area contributed by atoms with Crippen molar-refractivity contribution in [3.05, 3.63) is 0 Å². The van der Waals surface area contributed by atoms with Crippen molar-refractivity contribution in [3.8, 4) is 0 Å². The molecule has 1 saturated heterocycles. The molecule has 1 rings (SSSR count). The summed E-state index contributed by atoms with van der Waals surface area (Å²) < 4.78 is 22.6. The predicted octanol–water partition coefficient (Wildman–Crippen LogP) is 0.410. The van der Waals surface area contributed by atoms with E-state index >= 15 is 0 Å². The molecule has 18 heavy (non-hydrogen) atoms. The van der Waals surface area contributed by atoms with Crippen molar-refractivity contribution in [2.45, 2.75) is 45.7 Å². The number of hydrogen-bond acceptors (Lipinski definition) is 4. The Labute approximate surface area is 110 Å². The summed E-state index contributed by atoms with van der Waals surface area (Å²) in [6.07, 6.45) is 1.22. The van der Waals surface area contributed by atoms with Crippen LogP contribution in [-0.4, -0.2) is 55.9 Å². The van der Waals surface area contributed by atoms with Gasteiger partial charge in [0.2, 0.25) is 5.91 Å². The third-order valence-electron chi connectivity index (χ3n) is 3.49. The fourth-order valence-corrected chi connectivity index (χ4v) is 3.78. The van der Waals surface area contributed by atoms with Gasteiger partial charge < -0.3 is 10.2 Å². The number of nitrogens with one attached hydrogen (secondary N) is 1. The molecule has 0 aromatic carbocycles. The smallest absolute Gasteiger partial charge is 0.239 e. The van der Waals surface area contributed by atoms with Crippen molar-refractivity contribution in [3.63, 3.8) is 0 Å². The highest BCUT2D eigenvalue weighted by atomic mass is 32.2. The fraction of sp³-hybridized carbons (Fsp3) is 0.917. The summed E-state index contributed by atoms with van der Waals surface area (Å²) in [4.78, 5) is 13.8. The van der Waals surface area contributed by atoms with E-state index in [-0.39, 0.29) is 29.5 Å². The summed E-state index contributed by atoms with van der Waals surface area (Å²) in [5.41, 5.74) is 0. The first-order chi connectivity index (χ1) is 8.39. The molecule has 1 aliphatic heterocycles. The van der Waals surface area contributed by atoms with Crippen LogP contribution in [0, 0.1) is 0 Å². The van der Waals surface area contributed by atoms with Crippen LogP contribution in [0.15, 0.2) is 0 Å². The first-order valence-electron chi connectivity index (χ1n) is 6.64. The zero-order valence-corrected chi connectivity index (χ0v) is 12.3. The van der Waals surface area contributed by atoms with E-state index in [1.807, 2.05) is 20.8 Å². The van der Waals surface area contributed by atoms with Gasteiger partial charge in [-0.2, -0.15) is 0 Å². The highest BCUT2D eigenvalue weighted by Crippen LogP contribution is 2.13. The second-order valence-electron chi connectivity index (χ2n) is 4.82. The first kappa shape index (κ1) is 15.4. The lowest BCUT2D eigenvalue weighted by Crippen LogP contribution is -2.50. The minimum absolute atomic E-state index is 0.0911. The van der Waals surface area contributed by atoms with Gasteiger partial charge in [0.15, 0.2) is 0 Å². The Balaban J connectivity index is 2.46. The molecule has 0 saturated carbocycles. The van der Waals surface area contributed by atoms with E-state index in [2.05, 4.69) is 5.32 Å². The van der Waals surface area contributed by atoms with Crippen molar-refractivity contribution < 1.29 is 13.2 Å². The number of amides is 1. The molecule has 0 radical (unpaired) electrons. The molecule has 106 valence electrons. The van der Waals surface area contributed by atoms with Gasteiger partial charge in [0.25, 0.3) is 0 Å². The summed E-state index contributed by atoms with van der Waals surface area (Å²) in [5, 5.41) is 3.25. The zero-order valence-electron chi connectivity index (χ0n) is 11.5. The van der Waals surface area contributed by atoms with E-state index in [4.69, 9.17) is 0 Å². The first-order valence-corrected chi connectivity index (χ1v) is 8.47. The van der Waals surface area contributed by atoms with Crippen molar-refractivity contribution >= 4 is 15.7 Å². The molecule has 1 unspecified atom stereocenters. The summed E-state index contributed by atoms with van der Waals surface area (Å²) in [6.45, 7) is 7.19. The van der Waals surface area contributed by atoms with E-state index in [9.17, 15) is 13.2 Å². The van der Waals surface area contributed by atoms with E-state index in [1.54, 1.807) is 4.90 Å². The molecule has 5 nitrogen and oxygen atoms in total. The Kier molecular flexibility index (Phi) is 5.59. The molecule has 0 spiro atoms. The van der Waals surface area contributed by atoms with Gasteiger partial charge in [0.1, 0.15) is 9.84 Å². The molecule has 0 bridgehead atoms. The predicted molar refractivity (Wildman–Crippen MR) is 72.2 cm³/mol. The van der Waals surface area contributed by atoms with Gasteiger partial charge in [0, 0.05) is 19.1 Å². The number of sulfone groups is 1. The SMILES string of the molecule is CCN(CC)C(=O)C(C)NC1CCS(=O)(=O)CC1. The summed E-state index contributed by atoms with van der Waals surface area (Å²) in [7, 11) is -2.83. The molecule has 0 aromatic rings. The van der Waals surface area contributed by atoms with Crippen molar-refractivity contribution in [2.24, 2.45) is 0 Å². The second kappa shape index (κ2) is 6.52.